The lowest BCUT2D eigenvalue weighted by atomic mass is 10.1. The van der Waals surface area contributed by atoms with E-state index in [4.69, 9.17) is 9.84 Å². The number of nitrogens with zero attached hydrogens (tertiary/aromatic N) is 2. The second-order valence-electron chi connectivity index (χ2n) is 5.60. The van der Waals surface area contributed by atoms with Gasteiger partial charge in [0.1, 0.15) is 12.2 Å². The number of aryl methyl sites for hydroxylation is 1. The third kappa shape index (κ3) is 3.57. The molecule has 0 aromatic carbocycles. The van der Waals surface area contributed by atoms with Gasteiger partial charge >= 0.3 is 11.6 Å². The van der Waals surface area contributed by atoms with Crippen molar-refractivity contribution in [3.05, 3.63) is 28.4 Å². The topological polar surface area (TPSA) is 96.6 Å². The average molecular weight is 333 g/mol. The number of aromatic nitrogens is 2. The van der Waals surface area contributed by atoms with Crippen molar-refractivity contribution in [2.75, 3.05) is 13.2 Å². The summed E-state index contributed by atoms with van der Waals surface area (Å²) in [6, 6.07) is 1.14. The number of nitrogens with one attached hydrogen (secondary N) is 1. The van der Waals surface area contributed by atoms with Gasteiger partial charge in [0.15, 0.2) is 0 Å². The van der Waals surface area contributed by atoms with Crippen LogP contribution in [0.3, 0.4) is 0 Å². The van der Waals surface area contributed by atoms with Crippen molar-refractivity contribution in [2.24, 2.45) is 0 Å². The van der Waals surface area contributed by atoms with Gasteiger partial charge in [-0.1, -0.05) is 6.92 Å². The highest BCUT2D eigenvalue weighted by Crippen LogP contribution is 2.41. The second-order valence-corrected chi connectivity index (χ2v) is 5.60. The quantitative estimate of drug-likeness (QED) is 0.667. The Morgan fingerprint density at radius 1 is 1.57 bits per heavy atom. The van der Waals surface area contributed by atoms with Crippen LogP contribution in [-0.2, 0) is 4.74 Å². The van der Waals surface area contributed by atoms with Crippen LogP contribution >= 0.6 is 0 Å². The summed E-state index contributed by atoms with van der Waals surface area (Å²) in [7, 11) is 0. The summed E-state index contributed by atoms with van der Waals surface area (Å²) in [6.07, 6.45) is -3.42. The van der Waals surface area contributed by atoms with Gasteiger partial charge in [-0.25, -0.2) is 4.79 Å². The molecule has 1 saturated heterocycles. The predicted molar refractivity (Wildman–Crippen MR) is 77.3 cm³/mol. The van der Waals surface area contributed by atoms with Crippen molar-refractivity contribution in [1.29, 1.82) is 0 Å². The summed E-state index contributed by atoms with van der Waals surface area (Å²) in [5, 5.41) is 21.8. The SMILES string of the molecule is CC[C@@H](CO)NC[C@H]1O[C@@H](n2ccc(C)nc2=O)C(F)(F)[C@@H]1O. The number of halogens is 2. The van der Waals surface area contributed by atoms with Crippen LogP contribution in [0.2, 0.25) is 0 Å². The molecule has 0 spiro atoms. The highest BCUT2D eigenvalue weighted by molar-refractivity contribution is 5.01. The molecular weight excluding hydrogens is 312 g/mol. The number of hydrogen-bond acceptors (Lipinski definition) is 6. The van der Waals surface area contributed by atoms with Crippen LogP contribution in [0.15, 0.2) is 17.1 Å². The molecule has 4 atom stereocenters. The number of hydrogen-bond donors (Lipinski definition) is 3. The first-order valence-corrected chi connectivity index (χ1v) is 7.42. The van der Waals surface area contributed by atoms with E-state index in [1.54, 1.807) is 6.92 Å². The number of ether oxygens (including phenoxy) is 1. The molecule has 0 amide bonds. The largest absolute Gasteiger partial charge is 0.395 e. The van der Waals surface area contributed by atoms with Gasteiger partial charge in [-0.05, 0) is 19.4 Å². The maximum absolute atomic E-state index is 14.3. The Kier molecular flexibility index (Phi) is 5.45. The summed E-state index contributed by atoms with van der Waals surface area (Å²) in [6.45, 7) is 3.18. The van der Waals surface area contributed by atoms with Crippen molar-refractivity contribution in [3.8, 4) is 0 Å². The van der Waals surface area contributed by atoms with Gasteiger partial charge < -0.3 is 20.3 Å². The molecule has 3 N–H and O–H groups in total. The molecule has 0 aliphatic carbocycles. The lowest BCUT2D eigenvalue weighted by Crippen LogP contribution is -2.45. The van der Waals surface area contributed by atoms with E-state index in [0.29, 0.717) is 16.7 Å². The lowest BCUT2D eigenvalue weighted by molar-refractivity contribution is -0.140. The van der Waals surface area contributed by atoms with Crippen molar-refractivity contribution in [3.63, 3.8) is 0 Å². The van der Waals surface area contributed by atoms with Crippen LogP contribution in [-0.4, -0.2) is 57.1 Å². The molecule has 1 fully saturated rings. The van der Waals surface area contributed by atoms with Crippen LogP contribution < -0.4 is 11.0 Å². The van der Waals surface area contributed by atoms with Gasteiger partial charge in [-0.15, -0.1) is 0 Å². The van der Waals surface area contributed by atoms with E-state index in [1.165, 1.54) is 12.3 Å². The fraction of sp³-hybridized carbons (Fsp3) is 0.714. The van der Waals surface area contributed by atoms with E-state index in [2.05, 4.69) is 10.3 Å². The summed E-state index contributed by atoms with van der Waals surface area (Å²) in [4.78, 5) is 15.4. The molecule has 0 bridgehead atoms. The molecule has 1 aromatic heterocycles. The number of alkyl halides is 2. The molecule has 0 saturated carbocycles. The van der Waals surface area contributed by atoms with Gasteiger partial charge in [0.05, 0.1) is 6.61 Å². The monoisotopic (exact) mass is 333 g/mol. The van der Waals surface area contributed by atoms with E-state index < -0.39 is 30.0 Å². The van der Waals surface area contributed by atoms with Crippen LogP contribution in [0.4, 0.5) is 8.78 Å². The smallest absolute Gasteiger partial charge is 0.350 e. The summed E-state index contributed by atoms with van der Waals surface area (Å²) >= 11 is 0. The minimum Gasteiger partial charge on any atom is -0.395 e. The van der Waals surface area contributed by atoms with E-state index in [9.17, 15) is 18.7 Å². The minimum atomic E-state index is -3.63. The van der Waals surface area contributed by atoms with E-state index in [-0.39, 0.29) is 19.2 Å². The Bertz CT molecular complexity index is 592. The molecular formula is C14H21F2N3O4. The van der Waals surface area contributed by atoms with E-state index in [0.717, 1.165) is 0 Å². The molecule has 1 aliphatic rings. The van der Waals surface area contributed by atoms with Gasteiger partial charge in [-0.3, -0.25) is 4.57 Å². The molecule has 0 unspecified atom stereocenters. The minimum absolute atomic E-state index is 0.0691. The van der Waals surface area contributed by atoms with E-state index >= 15 is 0 Å². The van der Waals surface area contributed by atoms with Gasteiger partial charge in [0, 0.05) is 24.5 Å². The fourth-order valence-corrected chi connectivity index (χ4v) is 2.43. The first kappa shape index (κ1) is 17.9. The maximum Gasteiger partial charge on any atom is 0.350 e. The van der Waals surface area contributed by atoms with Crippen LogP contribution in [0.25, 0.3) is 0 Å². The molecule has 130 valence electrons. The first-order chi connectivity index (χ1) is 10.8. The average Bonchev–Trinajstić information content (AvgIpc) is 2.72. The zero-order valence-corrected chi connectivity index (χ0v) is 12.9. The Morgan fingerprint density at radius 3 is 2.83 bits per heavy atom. The highest BCUT2D eigenvalue weighted by Gasteiger charge is 2.59. The normalized spacial score (nSPS) is 28.0. The number of aliphatic hydroxyl groups excluding tert-OH is 2. The van der Waals surface area contributed by atoms with Gasteiger partial charge in [-0.2, -0.15) is 13.8 Å². The van der Waals surface area contributed by atoms with Gasteiger partial charge in [0.2, 0.25) is 6.23 Å². The Morgan fingerprint density at radius 2 is 2.26 bits per heavy atom. The lowest BCUT2D eigenvalue weighted by Gasteiger charge is -2.21. The van der Waals surface area contributed by atoms with Crippen molar-refractivity contribution in [1.82, 2.24) is 14.9 Å². The third-order valence-corrected chi connectivity index (χ3v) is 3.92. The van der Waals surface area contributed by atoms with Crippen LogP contribution in [0, 0.1) is 6.92 Å². The first-order valence-electron chi connectivity index (χ1n) is 7.42. The summed E-state index contributed by atoms with van der Waals surface area (Å²) < 4.78 is 34.4. The number of aliphatic hydroxyl groups is 2. The second kappa shape index (κ2) is 7.00. The summed E-state index contributed by atoms with van der Waals surface area (Å²) in [5.41, 5.74) is -0.461. The molecule has 7 nitrogen and oxygen atoms in total. The fourth-order valence-electron chi connectivity index (χ4n) is 2.43. The highest BCUT2D eigenvalue weighted by atomic mass is 19.3. The standard InChI is InChI=1S/C14H21F2N3O4/c1-3-9(7-20)17-6-10-11(21)14(15,16)12(23-10)19-5-4-8(2)18-13(19)22/h4-5,9-12,17,20-21H,3,6-7H2,1-2H3/t9-,10+,11+,12+/m0/s1. The van der Waals surface area contributed by atoms with Gasteiger partial charge in [0.25, 0.3) is 0 Å². The Hall–Kier alpha value is -1.42. The molecule has 0 radical (unpaired) electrons. The van der Waals surface area contributed by atoms with Crippen LogP contribution in [0.1, 0.15) is 25.3 Å². The molecule has 9 heteroatoms. The molecule has 23 heavy (non-hydrogen) atoms. The molecule has 2 rings (SSSR count). The number of rotatable bonds is 6. The maximum atomic E-state index is 14.3. The summed E-state index contributed by atoms with van der Waals surface area (Å²) in [5.74, 6) is -3.63. The van der Waals surface area contributed by atoms with Crippen molar-refractivity contribution < 1.29 is 23.7 Å². The van der Waals surface area contributed by atoms with Crippen molar-refractivity contribution >= 4 is 0 Å². The molecule has 1 aromatic rings. The Labute approximate surface area is 131 Å². The predicted octanol–water partition coefficient (Wildman–Crippen LogP) is -0.194. The van der Waals surface area contributed by atoms with Crippen molar-refractivity contribution in [2.45, 2.75) is 50.7 Å². The third-order valence-electron chi connectivity index (χ3n) is 3.92. The molecule has 1 aliphatic heterocycles. The Balaban J connectivity index is 2.18. The molecule has 2 heterocycles. The van der Waals surface area contributed by atoms with Crippen LogP contribution in [0.5, 0.6) is 0 Å². The zero-order chi connectivity index (χ0) is 17.2. The zero-order valence-electron chi connectivity index (χ0n) is 12.9. The van der Waals surface area contributed by atoms with E-state index in [1.807, 2.05) is 6.92 Å².